The van der Waals surface area contributed by atoms with Gasteiger partial charge in [0.2, 0.25) is 11.8 Å². The van der Waals surface area contributed by atoms with Crippen LogP contribution >= 0.6 is 0 Å². The molecule has 1 atom stereocenters. The summed E-state index contributed by atoms with van der Waals surface area (Å²) in [5.74, 6) is 0.661. The molecule has 2 amide bonds. The van der Waals surface area contributed by atoms with Gasteiger partial charge in [0, 0.05) is 17.8 Å². The number of aryl methyl sites for hydroxylation is 1. The Hall–Kier alpha value is -4.40. The number of nitrogens with one attached hydrogen (secondary N) is 1. The van der Waals surface area contributed by atoms with Crippen molar-refractivity contribution in [2.24, 2.45) is 0 Å². The third kappa shape index (κ3) is 5.23. The summed E-state index contributed by atoms with van der Waals surface area (Å²) in [6, 6.07) is 20.0. The lowest BCUT2D eigenvalue weighted by molar-refractivity contribution is -0.127. The number of fused-ring (bicyclic) bond motifs is 2. The second-order valence-corrected chi connectivity index (χ2v) is 10.3. The number of anilines is 1. The van der Waals surface area contributed by atoms with Crippen LogP contribution in [-0.2, 0) is 22.6 Å². The Labute approximate surface area is 233 Å². The third-order valence-electron chi connectivity index (χ3n) is 7.69. The fraction of sp³-hybridized carbons (Fsp3) is 0.355. The molecule has 0 saturated heterocycles. The average molecular weight is 540 g/mol. The zero-order valence-electron chi connectivity index (χ0n) is 22.6. The largest absolute Gasteiger partial charge is 0.486 e. The minimum atomic E-state index is -0.892. The fourth-order valence-corrected chi connectivity index (χ4v) is 5.56. The molecule has 1 N–H and O–H groups in total. The van der Waals surface area contributed by atoms with E-state index in [2.05, 4.69) is 22.6 Å². The number of rotatable bonds is 8. The lowest BCUT2D eigenvalue weighted by atomic mass is 10.00. The van der Waals surface area contributed by atoms with E-state index in [0.717, 1.165) is 48.7 Å². The quantitative estimate of drug-likeness (QED) is 0.352. The molecule has 1 unspecified atom stereocenters. The van der Waals surface area contributed by atoms with Crippen molar-refractivity contribution in [3.8, 4) is 11.5 Å². The zero-order chi connectivity index (χ0) is 27.5. The smallest absolute Gasteiger partial charge is 0.249 e. The predicted octanol–water partition coefficient (Wildman–Crippen LogP) is 4.60. The van der Waals surface area contributed by atoms with E-state index in [0.29, 0.717) is 35.9 Å². The lowest BCUT2D eigenvalue weighted by Crippen LogP contribution is -2.47. The van der Waals surface area contributed by atoms with Gasteiger partial charge in [0.05, 0.1) is 5.52 Å². The van der Waals surface area contributed by atoms with Crippen LogP contribution in [0.4, 0.5) is 5.69 Å². The maximum atomic E-state index is 14.3. The van der Waals surface area contributed by atoms with E-state index in [1.807, 2.05) is 48.5 Å². The van der Waals surface area contributed by atoms with Gasteiger partial charge in [0.15, 0.2) is 11.5 Å². The summed E-state index contributed by atoms with van der Waals surface area (Å²) in [6.07, 6.45) is 4.94. The highest BCUT2D eigenvalue weighted by atomic mass is 16.6. The molecule has 40 heavy (non-hydrogen) atoms. The summed E-state index contributed by atoms with van der Waals surface area (Å²) in [7, 11) is 0. The first-order chi connectivity index (χ1) is 19.6. The number of hydrogen-bond donors (Lipinski definition) is 1. The minimum Gasteiger partial charge on any atom is -0.486 e. The van der Waals surface area contributed by atoms with Crippen LogP contribution in [0.25, 0.3) is 11.0 Å². The molecular weight excluding hydrogens is 506 g/mol. The SMILES string of the molecule is CCc1ccc(C(C(=O)NC2CCCC2)N(C(=O)Cn2nnc3ccccc32)c2ccc3c(c2)OCCO3)cc1. The molecule has 206 valence electrons. The number of para-hydroxylation sites is 1. The molecule has 0 radical (unpaired) electrons. The van der Waals surface area contributed by atoms with E-state index >= 15 is 0 Å². The van der Waals surface area contributed by atoms with Crippen molar-refractivity contribution in [3.05, 3.63) is 77.9 Å². The van der Waals surface area contributed by atoms with Crippen molar-refractivity contribution in [1.82, 2.24) is 20.3 Å². The van der Waals surface area contributed by atoms with Gasteiger partial charge in [-0.2, -0.15) is 0 Å². The molecule has 2 heterocycles. The first-order valence-electron chi connectivity index (χ1n) is 14.0. The van der Waals surface area contributed by atoms with Gasteiger partial charge in [0.25, 0.3) is 0 Å². The zero-order valence-corrected chi connectivity index (χ0v) is 22.6. The molecule has 1 aliphatic heterocycles. The summed E-state index contributed by atoms with van der Waals surface area (Å²) >= 11 is 0. The normalized spacial score (nSPS) is 15.6. The van der Waals surface area contributed by atoms with E-state index in [1.165, 1.54) is 0 Å². The molecule has 2 aliphatic rings. The molecule has 9 nitrogen and oxygen atoms in total. The molecule has 3 aromatic carbocycles. The van der Waals surface area contributed by atoms with Crippen LogP contribution in [0.15, 0.2) is 66.7 Å². The monoisotopic (exact) mass is 539 g/mol. The molecular formula is C31H33N5O4. The van der Waals surface area contributed by atoms with Crippen molar-refractivity contribution in [1.29, 1.82) is 0 Å². The van der Waals surface area contributed by atoms with Crippen LogP contribution < -0.4 is 19.7 Å². The Kier molecular flexibility index (Phi) is 7.35. The molecule has 1 aromatic heterocycles. The maximum absolute atomic E-state index is 14.3. The number of nitrogens with zero attached hydrogens (tertiary/aromatic N) is 4. The minimum absolute atomic E-state index is 0.0881. The van der Waals surface area contributed by atoms with Gasteiger partial charge in [-0.1, -0.05) is 61.4 Å². The Balaban J connectivity index is 1.43. The van der Waals surface area contributed by atoms with Gasteiger partial charge in [0.1, 0.15) is 31.3 Å². The van der Waals surface area contributed by atoms with E-state index < -0.39 is 6.04 Å². The van der Waals surface area contributed by atoms with Crippen LogP contribution in [0.1, 0.15) is 49.8 Å². The molecule has 1 saturated carbocycles. The first-order valence-corrected chi connectivity index (χ1v) is 14.0. The van der Waals surface area contributed by atoms with E-state index in [4.69, 9.17) is 9.47 Å². The number of amides is 2. The molecule has 6 rings (SSSR count). The standard InChI is InChI=1S/C31H33N5O4/c1-2-21-11-13-22(14-12-21)30(31(38)32-23-7-3-4-8-23)36(24-15-16-27-28(19-24)40-18-17-39-27)29(37)20-35-26-10-6-5-9-25(26)33-34-35/h5-6,9-16,19,23,30H,2-4,7-8,17-18,20H2,1H3,(H,32,38). The Morgan fingerprint density at radius 2 is 1.75 bits per heavy atom. The van der Waals surface area contributed by atoms with Gasteiger partial charge in [-0.3, -0.25) is 14.5 Å². The van der Waals surface area contributed by atoms with Gasteiger partial charge in [-0.25, -0.2) is 4.68 Å². The van der Waals surface area contributed by atoms with Crippen molar-refractivity contribution in [2.75, 3.05) is 18.1 Å². The molecule has 1 fully saturated rings. The topological polar surface area (TPSA) is 98.6 Å². The highest BCUT2D eigenvalue weighted by Gasteiger charge is 2.35. The summed E-state index contributed by atoms with van der Waals surface area (Å²) in [6.45, 7) is 2.88. The third-order valence-corrected chi connectivity index (χ3v) is 7.69. The average Bonchev–Trinajstić information content (AvgIpc) is 3.66. The van der Waals surface area contributed by atoms with Crippen LogP contribution in [0.2, 0.25) is 0 Å². The Morgan fingerprint density at radius 1 is 1.00 bits per heavy atom. The van der Waals surface area contributed by atoms with Gasteiger partial charge in [-0.15, -0.1) is 5.10 Å². The second kappa shape index (κ2) is 11.4. The van der Waals surface area contributed by atoms with Crippen molar-refractivity contribution >= 4 is 28.5 Å². The van der Waals surface area contributed by atoms with Crippen molar-refractivity contribution < 1.29 is 19.1 Å². The summed E-state index contributed by atoms with van der Waals surface area (Å²) in [5.41, 5.74) is 3.89. The molecule has 1 aliphatic carbocycles. The summed E-state index contributed by atoms with van der Waals surface area (Å²) in [5, 5.41) is 11.7. The number of carbonyl (C=O) groups excluding carboxylic acids is 2. The highest BCUT2D eigenvalue weighted by molar-refractivity contribution is 6.02. The van der Waals surface area contributed by atoms with Crippen molar-refractivity contribution in [2.45, 2.75) is 57.7 Å². The first kappa shape index (κ1) is 25.9. The number of benzene rings is 3. The van der Waals surface area contributed by atoms with Crippen LogP contribution in [0, 0.1) is 0 Å². The second-order valence-electron chi connectivity index (χ2n) is 10.3. The lowest BCUT2D eigenvalue weighted by Gasteiger charge is -2.33. The maximum Gasteiger partial charge on any atom is 0.249 e. The Morgan fingerprint density at radius 3 is 2.52 bits per heavy atom. The summed E-state index contributed by atoms with van der Waals surface area (Å²) < 4.78 is 13.2. The van der Waals surface area contributed by atoms with Gasteiger partial charge < -0.3 is 14.8 Å². The van der Waals surface area contributed by atoms with E-state index in [9.17, 15) is 9.59 Å². The summed E-state index contributed by atoms with van der Waals surface area (Å²) in [4.78, 5) is 29.9. The van der Waals surface area contributed by atoms with Crippen LogP contribution in [0.5, 0.6) is 11.5 Å². The van der Waals surface area contributed by atoms with E-state index in [1.54, 1.807) is 27.8 Å². The van der Waals surface area contributed by atoms with E-state index in [-0.39, 0.29) is 24.4 Å². The molecule has 0 spiro atoms. The number of hydrogen-bond acceptors (Lipinski definition) is 6. The number of aromatic nitrogens is 3. The molecule has 9 heteroatoms. The van der Waals surface area contributed by atoms with Crippen LogP contribution in [0.3, 0.4) is 0 Å². The van der Waals surface area contributed by atoms with Crippen molar-refractivity contribution in [3.63, 3.8) is 0 Å². The fourth-order valence-electron chi connectivity index (χ4n) is 5.56. The molecule has 4 aromatic rings. The van der Waals surface area contributed by atoms with Gasteiger partial charge >= 0.3 is 0 Å². The Bertz CT molecular complexity index is 1510. The van der Waals surface area contributed by atoms with Gasteiger partial charge in [-0.05, 0) is 54.7 Å². The number of carbonyl (C=O) groups is 2. The predicted molar refractivity (Wildman–Crippen MR) is 151 cm³/mol. The van der Waals surface area contributed by atoms with Crippen LogP contribution in [-0.4, -0.2) is 46.1 Å². The molecule has 0 bridgehead atoms. The number of ether oxygens (including phenoxy) is 2. The highest BCUT2D eigenvalue weighted by Crippen LogP contribution is 2.37.